The molecule has 1 aliphatic carbocycles. The number of ether oxygens (including phenoxy) is 1. The van der Waals surface area contributed by atoms with Crippen LogP contribution in [0.5, 0.6) is 0 Å². The summed E-state index contributed by atoms with van der Waals surface area (Å²) in [5.41, 5.74) is 6.83. The Morgan fingerprint density at radius 1 is 1.38 bits per heavy atom. The summed E-state index contributed by atoms with van der Waals surface area (Å²) in [6.45, 7) is 1.46. The molecule has 2 rings (SSSR count). The fourth-order valence-electron chi connectivity index (χ4n) is 2.31. The van der Waals surface area contributed by atoms with Crippen molar-refractivity contribution >= 4 is 28.9 Å². The predicted octanol–water partition coefficient (Wildman–Crippen LogP) is 3.85. The van der Waals surface area contributed by atoms with Crippen LogP contribution in [-0.2, 0) is 9.53 Å². The van der Waals surface area contributed by atoms with Crippen molar-refractivity contribution in [3.63, 3.8) is 0 Å². The highest BCUT2D eigenvalue weighted by atomic mass is 35.5. The van der Waals surface area contributed by atoms with E-state index in [1.807, 2.05) is 0 Å². The van der Waals surface area contributed by atoms with E-state index in [1.165, 1.54) is 19.3 Å². The number of amides is 1. The van der Waals surface area contributed by atoms with Gasteiger partial charge in [0.1, 0.15) is 0 Å². The first-order valence-electron chi connectivity index (χ1n) is 7.58. The number of hydrogen-bond donors (Lipinski definition) is 2. The smallest absolute Gasteiger partial charge is 0.224 e. The van der Waals surface area contributed by atoms with Crippen LogP contribution in [0.25, 0.3) is 0 Å². The number of benzene rings is 1. The van der Waals surface area contributed by atoms with E-state index < -0.39 is 0 Å². The van der Waals surface area contributed by atoms with Crippen LogP contribution in [0.1, 0.15) is 38.5 Å². The molecule has 0 heterocycles. The van der Waals surface area contributed by atoms with Gasteiger partial charge in [0.2, 0.25) is 5.91 Å². The van der Waals surface area contributed by atoms with E-state index in [1.54, 1.807) is 18.2 Å². The molecule has 5 heteroatoms. The quantitative estimate of drug-likeness (QED) is 0.566. The minimum absolute atomic E-state index is 0.0284. The second kappa shape index (κ2) is 8.25. The molecular formula is C16H23ClN2O2. The maximum absolute atomic E-state index is 11.8. The zero-order valence-electron chi connectivity index (χ0n) is 12.2. The van der Waals surface area contributed by atoms with Gasteiger partial charge in [0, 0.05) is 25.3 Å². The number of nitrogen functional groups attached to an aromatic ring is 1. The van der Waals surface area contributed by atoms with Crippen LogP contribution in [0.3, 0.4) is 0 Å². The molecular weight excluding hydrogens is 288 g/mol. The standard InChI is InChI=1S/C16H23ClN2O2/c17-14-7-6-13(11-15(14)18)19-16(20)5-2-9-21-10-8-12-3-1-4-12/h6-7,11-12H,1-5,8-10,18H2,(H,19,20). The van der Waals surface area contributed by atoms with E-state index >= 15 is 0 Å². The molecule has 0 radical (unpaired) electrons. The molecule has 0 unspecified atom stereocenters. The van der Waals surface area contributed by atoms with E-state index in [2.05, 4.69) is 5.32 Å². The third-order valence-corrected chi connectivity index (χ3v) is 4.21. The van der Waals surface area contributed by atoms with E-state index in [4.69, 9.17) is 22.1 Å². The van der Waals surface area contributed by atoms with Gasteiger partial charge in [0.25, 0.3) is 0 Å². The Kier molecular flexibility index (Phi) is 6.33. The van der Waals surface area contributed by atoms with Crippen LogP contribution >= 0.6 is 11.6 Å². The van der Waals surface area contributed by atoms with Gasteiger partial charge in [-0.3, -0.25) is 4.79 Å². The van der Waals surface area contributed by atoms with Gasteiger partial charge in [-0.2, -0.15) is 0 Å². The van der Waals surface area contributed by atoms with Gasteiger partial charge in [0.05, 0.1) is 10.7 Å². The van der Waals surface area contributed by atoms with Crippen LogP contribution in [-0.4, -0.2) is 19.1 Å². The molecule has 1 aromatic carbocycles. The summed E-state index contributed by atoms with van der Waals surface area (Å²) in [5.74, 6) is 0.850. The number of halogens is 1. The zero-order chi connectivity index (χ0) is 15.1. The van der Waals surface area contributed by atoms with Crippen molar-refractivity contribution < 1.29 is 9.53 Å². The van der Waals surface area contributed by atoms with Gasteiger partial charge in [-0.25, -0.2) is 0 Å². The van der Waals surface area contributed by atoms with Crippen molar-refractivity contribution in [3.8, 4) is 0 Å². The molecule has 4 nitrogen and oxygen atoms in total. The number of anilines is 2. The summed E-state index contributed by atoms with van der Waals surface area (Å²) in [5, 5.41) is 3.30. The lowest BCUT2D eigenvalue weighted by Crippen LogP contribution is -2.15. The molecule has 1 aliphatic rings. The minimum atomic E-state index is -0.0284. The third-order valence-electron chi connectivity index (χ3n) is 3.87. The molecule has 1 amide bonds. The second-order valence-electron chi connectivity index (χ2n) is 5.59. The fourth-order valence-corrected chi connectivity index (χ4v) is 2.43. The van der Waals surface area contributed by atoms with Gasteiger partial charge in [-0.05, 0) is 37.0 Å². The molecule has 1 saturated carbocycles. The molecule has 0 saturated heterocycles. The largest absolute Gasteiger partial charge is 0.397 e. The maximum atomic E-state index is 11.8. The van der Waals surface area contributed by atoms with Gasteiger partial charge in [-0.15, -0.1) is 0 Å². The molecule has 0 spiro atoms. The first-order valence-corrected chi connectivity index (χ1v) is 7.95. The molecule has 116 valence electrons. The molecule has 1 fully saturated rings. The van der Waals surface area contributed by atoms with E-state index in [0.29, 0.717) is 29.4 Å². The first-order chi connectivity index (χ1) is 10.1. The lowest BCUT2D eigenvalue weighted by molar-refractivity contribution is -0.116. The van der Waals surface area contributed by atoms with Crippen molar-refractivity contribution in [2.75, 3.05) is 24.3 Å². The van der Waals surface area contributed by atoms with Crippen molar-refractivity contribution in [3.05, 3.63) is 23.2 Å². The Balaban J connectivity index is 1.55. The van der Waals surface area contributed by atoms with Crippen LogP contribution in [0.2, 0.25) is 5.02 Å². The number of nitrogens with one attached hydrogen (secondary N) is 1. The molecule has 3 N–H and O–H groups in total. The third kappa shape index (κ3) is 5.56. The lowest BCUT2D eigenvalue weighted by Gasteiger charge is -2.24. The monoisotopic (exact) mass is 310 g/mol. The van der Waals surface area contributed by atoms with E-state index in [9.17, 15) is 4.79 Å². The highest BCUT2D eigenvalue weighted by molar-refractivity contribution is 6.33. The minimum Gasteiger partial charge on any atom is -0.397 e. The maximum Gasteiger partial charge on any atom is 0.224 e. The van der Waals surface area contributed by atoms with Crippen molar-refractivity contribution in [2.45, 2.75) is 38.5 Å². The first kappa shape index (κ1) is 16.1. The highest BCUT2D eigenvalue weighted by Crippen LogP contribution is 2.29. The van der Waals surface area contributed by atoms with E-state index in [0.717, 1.165) is 25.4 Å². The number of carbonyl (C=O) groups excluding carboxylic acids is 1. The van der Waals surface area contributed by atoms with Gasteiger partial charge < -0.3 is 15.8 Å². The molecule has 0 aliphatic heterocycles. The summed E-state index contributed by atoms with van der Waals surface area (Å²) < 4.78 is 5.56. The molecule has 0 atom stereocenters. The Hall–Kier alpha value is -1.26. The number of rotatable bonds is 8. The van der Waals surface area contributed by atoms with Crippen LogP contribution in [0.15, 0.2) is 18.2 Å². The van der Waals surface area contributed by atoms with Crippen LogP contribution in [0.4, 0.5) is 11.4 Å². The van der Waals surface area contributed by atoms with E-state index in [-0.39, 0.29) is 5.91 Å². The average molecular weight is 311 g/mol. The van der Waals surface area contributed by atoms with Crippen molar-refractivity contribution in [1.29, 1.82) is 0 Å². The average Bonchev–Trinajstić information content (AvgIpc) is 2.40. The Bertz CT molecular complexity index is 475. The number of carbonyl (C=O) groups is 1. The fraction of sp³-hybridized carbons (Fsp3) is 0.562. The molecule has 0 aromatic heterocycles. The zero-order valence-corrected chi connectivity index (χ0v) is 13.0. The van der Waals surface area contributed by atoms with Crippen molar-refractivity contribution in [1.82, 2.24) is 0 Å². The lowest BCUT2D eigenvalue weighted by atomic mass is 9.83. The van der Waals surface area contributed by atoms with Crippen LogP contribution in [0, 0.1) is 5.92 Å². The Labute approximate surface area is 131 Å². The topological polar surface area (TPSA) is 64.3 Å². The van der Waals surface area contributed by atoms with Gasteiger partial charge in [-0.1, -0.05) is 30.9 Å². The summed E-state index contributed by atoms with van der Waals surface area (Å²) in [6, 6.07) is 5.08. The number of hydrogen-bond acceptors (Lipinski definition) is 3. The molecule has 21 heavy (non-hydrogen) atoms. The normalized spacial score (nSPS) is 14.7. The summed E-state index contributed by atoms with van der Waals surface area (Å²) in [4.78, 5) is 11.8. The summed E-state index contributed by atoms with van der Waals surface area (Å²) in [6.07, 6.45) is 6.44. The SMILES string of the molecule is Nc1cc(NC(=O)CCCOCCC2CCC2)ccc1Cl. The Morgan fingerprint density at radius 2 is 2.19 bits per heavy atom. The van der Waals surface area contributed by atoms with Gasteiger partial charge >= 0.3 is 0 Å². The predicted molar refractivity (Wildman–Crippen MR) is 86.5 cm³/mol. The molecule has 0 bridgehead atoms. The highest BCUT2D eigenvalue weighted by Gasteiger charge is 2.16. The summed E-state index contributed by atoms with van der Waals surface area (Å²) >= 11 is 5.83. The van der Waals surface area contributed by atoms with Crippen molar-refractivity contribution in [2.24, 2.45) is 5.92 Å². The summed E-state index contributed by atoms with van der Waals surface area (Å²) in [7, 11) is 0. The van der Waals surface area contributed by atoms with Crippen LogP contribution < -0.4 is 11.1 Å². The second-order valence-corrected chi connectivity index (χ2v) is 5.99. The Morgan fingerprint density at radius 3 is 2.86 bits per heavy atom. The number of nitrogens with two attached hydrogens (primary N) is 1. The molecule has 1 aromatic rings. The van der Waals surface area contributed by atoms with Gasteiger partial charge in [0.15, 0.2) is 0 Å².